The Balaban J connectivity index is 1.41. The molecule has 0 bridgehead atoms. The van der Waals surface area contributed by atoms with Gasteiger partial charge in [0.05, 0.1) is 22.5 Å². The fourth-order valence-electron chi connectivity index (χ4n) is 4.67. The summed E-state index contributed by atoms with van der Waals surface area (Å²) in [5, 5.41) is 4.70. The van der Waals surface area contributed by atoms with Gasteiger partial charge in [0, 0.05) is 25.7 Å². The number of halogens is 1. The van der Waals surface area contributed by atoms with Gasteiger partial charge in [-0.1, -0.05) is 6.07 Å². The van der Waals surface area contributed by atoms with Crippen molar-refractivity contribution in [1.29, 1.82) is 0 Å². The Morgan fingerprint density at radius 1 is 1.20 bits per heavy atom. The summed E-state index contributed by atoms with van der Waals surface area (Å²) in [7, 11) is -3.78. The molecule has 0 unspecified atom stereocenters. The Morgan fingerprint density at radius 3 is 2.60 bits per heavy atom. The Bertz CT molecular complexity index is 1100. The van der Waals surface area contributed by atoms with Crippen LogP contribution >= 0.6 is 0 Å². The molecule has 1 saturated carbocycles. The topological polar surface area (TPSA) is 75.5 Å². The fraction of sp³-hybridized carbons (Fsp3) is 0.524. The van der Waals surface area contributed by atoms with E-state index in [1.54, 1.807) is 0 Å². The maximum atomic E-state index is 13.6. The van der Waals surface area contributed by atoms with E-state index in [0.717, 1.165) is 37.0 Å². The third-order valence-corrected chi connectivity index (χ3v) is 8.44. The molecule has 3 aliphatic rings. The van der Waals surface area contributed by atoms with Crippen molar-refractivity contribution in [2.45, 2.75) is 49.5 Å². The standard InChI is InChI=1S/C21H25FN4O3S/c1-15-11-19-25(14-16-5-6-16)20(27)13-21(26(19)23-15)7-9-24(10-8-21)30(28,29)18-4-2-3-17(22)12-18/h2-4,11-12,16H,5-10,13-14H2,1H3. The summed E-state index contributed by atoms with van der Waals surface area (Å²) in [6.45, 7) is 3.20. The highest BCUT2D eigenvalue weighted by Gasteiger charge is 2.48. The maximum Gasteiger partial charge on any atom is 0.243 e. The van der Waals surface area contributed by atoms with Crippen LogP contribution in [0.25, 0.3) is 0 Å². The second-order valence-electron chi connectivity index (χ2n) is 8.77. The molecule has 160 valence electrons. The van der Waals surface area contributed by atoms with Crippen molar-refractivity contribution in [3.8, 4) is 0 Å². The highest BCUT2D eigenvalue weighted by atomic mass is 32.2. The lowest BCUT2D eigenvalue weighted by molar-refractivity contribution is -0.122. The lowest BCUT2D eigenvalue weighted by atomic mass is 9.83. The first-order valence-corrected chi connectivity index (χ1v) is 11.9. The predicted octanol–water partition coefficient (Wildman–Crippen LogP) is 2.66. The molecule has 1 saturated heterocycles. The summed E-state index contributed by atoms with van der Waals surface area (Å²) in [6, 6.07) is 7.05. The average Bonchev–Trinajstić information content (AvgIpc) is 3.44. The van der Waals surface area contributed by atoms with Gasteiger partial charge in [-0.05, 0) is 56.7 Å². The second-order valence-corrected chi connectivity index (χ2v) is 10.7. The summed E-state index contributed by atoms with van der Waals surface area (Å²) in [5.41, 5.74) is 0.351. The van der Waals surface area contributed by atoms with Crippen molar-refractivity contribution in [1.82, 2.24) is 14.1 Å². The van der Waals surface area contributed by atoms with Crippen molar-refractivity contribution in [2.75, 3.05) is 24.5 Å². The van der Waals surface area contributed by atoms with Crippen molar-refractivity contribution in [3.05, 3.63) is 41.8 Å². The van der Waals surface area contributed by atoms with Crippen LogP contribution in [-0.4, -0.2) is 48.0 Å². The smallest absolute Gasteiger partial charge is 0.243 e. The van der Waals surface area contributed by atoms with Crippen molar-refractivity contribution in [3.63, 3.8) is 0 Å². The lowest BCUT2D eigenvalue weighted by Crippen LogP contribution is -2.55. The van der Waals surface area contributed by atoms with E-state index in [0.29, 0.717) is 25.2 Å². The number of anilines is 1. The lowest BCUT2D eigenvalue weighted by Gasteiger charge is -2.46. The van der Waals surface area contributed by atoms with Gasteiger partial charge < -0.3 is 0 Å². The third kappa shape index (κ3) is 3.24. The van der Waals surface area contributed by atoms with Crippen LogP contribution < -0.4 is 4.90 Å². The molecule has 1 aromatic carbocycles. The summed E-state index contributed by atoms with van der Waals surface area (Å²) in [4.78, 5) is 14.9. The molecule has 2 fully saturated rings. The van der Waals surface area contributed by atoms with Gasteiger partial charge in [0.25, 0.3) is 0 Å². The number of fused-ring (bicyclic) bond motifs is 2. The average molecular weight is 433 g/mol. The van der Waals surface area contributed by atoms with Crippen LogP contribution in [-0.2, 0) is 20.4 Å². The number of hydrogen-bond donors (Lipinski definition) is 0. The third-order valence-electron chi connectivity index (χ3n) is 6.54. The fourth-order valence-corrected chi connectivity index (χ4v) is 6.14. The van der Waals surface area contributed by atoms with Gasteiger partial charge >= 0.3 is 0 Å². The number of rotatable bonds is 4. The normalized spacial score (nSPS) is 21.8. The zero-order chi connectivity index (χ0) is 21.1. The monoisotopic (exact) mass is 432 g/mol. The number of carbonyl (C=O) groups is 1. The largest absolute Gasteiger partial charge is 0.297 e. The van der Waals surface area contributed by atoms with Gasteiger partial charge in [-0.15, -0.1) is 0 Å². The number of nitrogens with zero attached hydrogens (tertiary/aromatic N) is 4. The summed E-state index contributed by atoms with van der Waals surface area (Å²) < 4.78 is 42.9. The van der Waals surface area contributed by atoms with Crippen LogP contribution in [0.15, 0.2) is 35.2 Å². The molecule has 1 aromatic heterocycles. The first-order valence-electron chi connectivity index (χ1n) is 10.4. The molecule has 2 aromatic rings. The molecule has 3 heterocycles. The molecule has 0 radical (unpaired) electrons. The van der Waals surface area contributed by atoms with Crippen LogP contribution in [0.5, 0.6) is 0 Å². The first-order chi connectivity index (χ1) is 14.3. The van der Waals surface area contributed by atoms with E-state index in [-0.39, 0.29) is 23.9 Å². The molecule has 2 aliphatic heterocycles. The number of hydrogen-bond acceptors (Lipinski definition) is 4. The SMILES string of the molecule is Cc1cc2n(n1)C1(CCN(S(=O)(=O)c3cccc(F)c3)CC1)CC(=O)N2CC1CC1. The Kier molecular flexibility index (Phi) is 4.52. The molecule has 7 nitrogen and oxygen atoms in total. The van der Waals surface area contributed by atoms with E-state index >= 15 is 0 Å². The quantitative estimate of drug-likeness (QED) is 0.744. The van der Waals surface area contributed by atoms with E-state index in [9.17, 15) is 17.6 Å². The predicted molar refractivity (Wildman–Crippen MR) is 109 cm³/mol. The van der Waals surface area contributed by atoms with E-state index in [1.165, 1.54) is 22.5 Å². The van der Waals surface area contributed by atoms with E-state index in [2.05, 4.69) is 0 Å². The number of piperidine rings is 1. The molecule has 1 amide bonds. The molecule has 1 aliphatic carbocycles. The molecule has 9 heteroatoms. The molecule has 30 heavy (non-hydrogen) atoms. The number of carbonyl (C=O) groups excluding carboxylic acids is 1. The molecule has 1 spiro atoms. The highest BCUT2D eigenvalue weighted by molar-refractivity contribution is 7.89. The van der Waals surface area contributed by atoms with Crippen molar-refractivity contribution in [2.24, 2.45) is 5.92 Å². The minimum atomic E-state index is -3.78. The molecule has 0 atom stereocenters. The molecular weight excluding hydrogens is 407 g/mol. The zero-order valence-corrected chi connectivity index (χ0v) is 17.7. The van der Waals surface area contributed by atoms with Gasteiger partial charge in [-0.2, -0.15) is 9.40 Å². The Hall–Kier alpha value is -2.26. The molecule has 5 rings (SSSR count). The Morgan fingerprint density at radius 2 is 1.93 bits per heavy atom. The molecule has 0 N–H and O–H groups in total. The minimum Gasteiger partial charge on any atom is -0.297 e. The maximum absolute atomic E-state index is 13.6. The Labute approximate surface area is 175 Å². The van der Waals surface area contributed by atoms with E-state index in [4.69, 9.17) is 5.10 Å². The van der Waals surface area contributed by atoms with Gasteiger partial charge in [0.2, 0.25) is 15.9 Å². The number of sulfonamides is 1. The van der Waals surface area contributed by atoms with Crippen LogP contribution in [0.2, 0.25) is 0 Å². The summed E-state index contributed by atoms with van der Waals surface area (Å²) >= 11 is 0. The van der Waals surface area contributed by atoms with Crippen LogP contribution in [0.4, 0.5) is 10.2 Å². The van der Waals surface area contributed by atoms with Gasteiger partial charge in [0.15, 0.2) is 0 Å². The van der Waals surface area contributed by atoms with Gasteiger partial charge in [-0.3, -0.25) is 9.69 Å². The van der Waals surface area contributed by atoms with E-state index in [1.807, 2.05) is 22.6 Å². The van der Waals surface area contributed by atoms with Gasteiger partial charge in [0.1, 0.15) is 11.6 Å². The van der Waals surface area contributed by atoms with Crippen molar-refractivity contribution < 1.29 is 17.6 Å². The summed E-state index contributed by atoms with van der Waals surface area (Å²) in [5.74, 6) is 0.924. The number of benzene rings is 1. The summed E-state index contributed by atoms with van der Waals surface area (Å²) in [6.07, 6.45) is 3.66. The second kappa shape index (κ2) is 6.88. The number of aryl methyl sites for hydroxylation is 1. The van der Waals surface area contributed by atoms with Crippen molar-refractivity contribution >= 4 is 21.7 Å². The van der Waals surface area contributed by atoms with Crippen LogP contribution in [0.1, 0.15) is 37.8 Å². The van der Waals surface area contributed by atoms with Crippen LogP contribution in [0.3, 0.4) is 0 Å². The zero-order valence-electron chi connectivity index (χ0n) is 16.9. The van der Waals surface area contributed by atoms with Crippen LogP contribution in [0, 0.1) is 18.7 Å². The number of amides is 1. The van der Waals surface area contributed by atoms with Gasteiger partial charge in [-0.25, -0.2) is 17.5 Å². The first kappa shape index (κ1) is 19.7. The molecular formula is C21H25FN4O3S. The highest BCUT2D eigenvalue weighted by Crippen LogP contribution is 2.43. The number of aromatic nitrogens is 2. The van der Waals surface area contributed by atoms with E-state index < -0.39 is 21.4 Å². The minimum absolute atomic E-state index is 0.0376.